The van der Waals surface area contributed by atoms with Gasteiger partial charge in [0, 0.05) is 18.2 Å². The van der Waals surface area contributed by atoms with Gasteiger partial charge in [-0.15, -0.1) is 0 Å². The fraction of sp³-hybridized carbons (Fsp3) is 0.476. The Bertz CT molecular complexity index is 937. The normalized spacial score (nSPS) is 12.0. The Hall–Kier alpha value is -2.08. The van der Waals surface area contributed by atoms with Crippen molar-refractivity contribution in [2.24, 2.45) is 11.8 Å². The molecule has 1 aromatic heterocycles. The lowest BCUT2D eigenvalue weighted by atomic mass is 10.2. The SMILES string of the molecule is Cc1ccc(S(=O)(=O)c2c(C)c(C)n(CC(C)C)c2NC(=O)C(C)C)cc1. The molecule has 2 rings (SSSR count). The molecule has 0 unspecified atom stereocenters. The summed E-state index contributed by atoms with van der Waals surface area (Å²) in [5.41, 5.74) is 2.52. The lowest BCUT2D eigenvalue weighted by molar-refractivity contribution is -0.118. The molecule has 0 radical (unpaired) electrons. The molecular weight excluding hydrogens is 360 g/mol. The molecule has 1 heterocycles. The molecule has 0 spiro atoms. The highest BCUT2D eigenvalue weighted by Crippen LogP contribution is 2.36. The standard InChI is InChI=1S/C21H30N2O3S/c1-13(2)12-23-17(7)16(6)19(20(23)22-21(24)14(3)4)27(25,26)18-10-8-15(5)9-11-18/h8-11,13-14H,12H2,1-7H3,(H,22,24). The van der Waals surface area contributed by atoms with Gasteiger partial charge in [-0.25, -0.2) is 8.42 Å². The summed E-state index contributed by atoms with van der Waals surface area (Å²) in [6.45, 7) is 14.0. The van der Waals surface area contributed by atoms with Crippen LogP contribution in [0.3, 0.4) is 0 Å². The predicted molar refractivity (Wildman–Crippen MR) is 109 cm³/mol. The zero-order valence-corrected chi connectivity index (χ0v) is 18.1. The molecule has 6 heteroatoms. The Balaban J connectivity index is 2.73. The van der Waals surface area contributed by atoms with Crippen LogP contribution in [0, 0.1) is 32.6 Å². The van der Waals surface area contributed by atoms with E-state index in [-0.39, 0.29) is 21.6 Å². The zero-order valence-electron chi connectivity index (χ0n) is 17.3. The number of hydrogen-bond donors (Lipinski definition) is 1. The van der Waals surface area contributed by atoms with Gasteiger partial charge >= 0.3 is 0 Å². The molecule has 2 aromatic rings. The Morgan fingerprint density at radius 1 is 1.04 bits per heavy atom. The van der Waals surface area contributed by atoms with Crippen molar-refractivity contribution < 1.29 is 13.2 Å². The fourth-order valence-corrected chi connectivity index (χ4v) is 4.67. The summed E-state index contributed by atoms with van der Waals surface area (Å²) < 4.78 is 28.8. The topological polar surface area (TPSA) is 68.2 Å². The summed E-state index contributed by atoms with van der Waals surface area (Å²) in [6.07, 6.45) is 0. The second kappa shape index (κ2) is 7.89. The van der Waals surface area contributed by atoms with Gasteiger partial charge < -0.3 is 9.88 Å². The zero-order chi connectivity index (χ0) is 20.5. The lowest BCUT2D eigenvalue weighted by Gasteiger charge is -2.17. The van der Waals surface area contributed by atoms with Crippen LogP contribution in [0.1, 0.15) is 44.5 Å². The van der Waals surface area contributed by atoms with Crippen molar-refractivity contribution in [3.8, 4) is 0 Å². The number of nitrogens with one attached hydrogen (secondary N) is 1. The highest BCUT2D eigenvalue weighted by atomic mass is 32.2. The maximum atomic E-state index is 13.4. The first-order valence-electron chi connectivity index (χ1n) is 9.29. The fourth-order valence-electron chi connectivity index (χ4n) is 2.98. The summed E-state index contributed by atoms with van der Waals surface area (Å²) >= 11 is 0. The van der Waals surface area contributed by atoms with Crippen molar-refractivity contribution in [3.63, 3.8) is 0 Å². The monoisotopic (exact) mass is 390 g/mol. The lowest BCUT2D eigenvalue weighted by Crippen LogP contribution is -2.22. The molecule has 1 aromatic carbocycles. The number of rotatable bonds is 6. The van der Waals surface area contributed by atoms with Gasteiger partial charge in [-0.2, -0.15) is 0 Å². The van der Waals surface area contributed by atoms with Gasteiger partial charge in [0.15, 0.2) is 0 Å². The minimum absolute atomic E-state index is 0.193. The molecule has 0 aliphatic rings. The number of nitrogens with zero attached hydrogens (tertiary/aromatic N) is 1. The average molecular weight is 391 g/mol. The number of anilines is 1. The molecule has 1 N–H and O–H groups in total. The van der Waals surface area contributed by atoms with Gasteiger partial charge in [0.05, 0.1) is 4.90 Å². The molecule has 0 aliphatic heterocycles. The minimum atomic E-state index is -3.76. The number of hydrogen-bond acceptors (Lipinski definition) is 3. The van der Waals surface area contributed by atoms with E-state index in [2.05, 4.69) is 19.2 Å². The summed E-state index contributed by atoms with van der Waals surface area (Å²) in [4.78, 5) is 12.8. The summed E-state index contributed by atoms with van der Waals surface area (Å²) in [7, 11) is -3.76. The number of benzene rings is 1. The molecule has 27 heavy (non-hydrogen) atoms. The highest BCUT2D eigenvalue weighted by molar-refractivity contribution is 7.91. The molecule has 1 amide bonds. The van der Waals surface area contributed by atoms with E-state index in [0.29, 0.717) is 23.8 Å². The number of carbonyl (C=O) groups excluding carboxylic acids is 1. The van der Waals surface area contributed by atoms with Gasteiger partial charge in [0.1, 0.15) is 10.7 Å². The van der Waals surface area contributed by atoms with Gasteiger partial charge in [0.2, 0.25) is 15.7 Å². The first-order valence-corrected chi connectivity index (χ1v) is 10.8. The minimum Gasteiger partial charge on any atom is -0.330 e. The third-order valence-electron chi connectivity index (χ3n) is 4.69. The number of amides is 1. The smallest absolute Gasteiger partial charge is 0.228 e. The van der Waals surface area contributed by atoms with E-state index in [1.807, 2.05) is 18.4 Å². The van der Waals surface area contributed by atoms with Crippen LogP contribution in [0.2, 0.25) is 0 Å². The molecule has 0 aliphatic carbocycles. The van der Waals surface area contributed by atoms with Crippen molar-refractivity contribution in [2.75, 3.05) is 5.32 Å². The maximum absolute atomic E-state index is 13.4. The molecular formula is C21H30N2O3S. The Labute approximate surface area is 162 Å². The summed E-state index contributed by atoms with van der Waals surface area (Å²) in [6, 6.07) is 6.81. The van der Waals surface area contributed by atoms with Crippen LogP contribution in [0.15, 0.2) is 34.1 Å². The molecule has 148 valence electrons. The first-order chi connectivity index (χ1) is 12.5. The van der Waals surface area contributed by atoms with E-state index in [9.17, 15) is 13.2 Å². The third-order valence-corrected chi connectivity index (χ3v) is 6.62. The Morgan fingerprint density at radius 3 is 2.07 bits per heavy atom. The van der Waals surface area contributed by atoms with Crippen LogP contribution < -0.4 is 5.32 Å². The first kappa shape index (κ1) is 21.2. The van der Waals surface area contributed by atoms with Crippen LogP contribution >= 0.6 is 0 Å². The Morgan fingerprint density at radius 2 is 1.59 bits per heavy atom. The van der Waals surface area contributed by atoms with E-state index in [0.717, 1.165) is 11.3 Å². The number of sulfone groups is 1. The molecule has 0 saturated carbocycles. The van der Waals surface area contributed by atoms with Crippen LogP contribution in [-0.4, -0.2) is 18.9 Å². The van der Waals surface area contributed by atoms with E-state index < -0.39 is 9.84 Å². The third kappa shape index (κ3) is 4.26. The van der Waals surface area contributed by atoms with E-state index >= 15 is 0 Å². The maximum Gasteiger partial charge on any atom is 0.228 e. The van der Waals surface area contributed by atoms with Crippen molar-refractivity contribution in [1.82, 2.24) is 4.57 Å². The number of aryl methyl sites for hydroxylation is 1. The van der Waals surface area contributed by atoms with Crippen LogP contribution in [-0.2, 0) is 21.2 Å². The molecule has 0 saturated heterocycles. The second-order valence-electron chi connectivity index (χ2n) is 7.85. The molecule has 0 fully saturated rings. The number of carbonyl (C=O) groups is 1. The number of aromatic nitrogens is 1. The predicted octanol–water partition coefficient (Wildman–Crippen LogP) is 4.50. The van der Waals surface area contributed by atoms with Gasteiger partial charge in [0.25, 0.3) is 0 Å². The molecule has 0 atom stereocenters. The van der Waals surface area contributed by atoms with E-state index in [1.54, 1.807) is 45.0 Å². The highest BCUT2D eigenvalue weighted by Gasteiger charge is 2.31. The van der Waals surface area contributed by atoms with Crippen molar-refractivity contribution in [2.45, 2.75) is 64.8 Å². The van der Waals surface area contributed by atoms with Crippen LogP contribution in [0.5, 0.6) is 0 Å². The van der Waals surface area contributed by atoms with Crippen molar-refractivity contribution in [1.29, 1.82) is 0 Å². The molecule has 0 bridgehead atoms. The quantitative estimate of drug-likeness (QED) is 0.790. The Kier molecular flexibility index (Phi) is 6.20. The van der Waals surface area contributed by atoms with Crippen LogP contribution in [0.4, 0.5) is 5.82 Å². The van der Waals surface area contributed by atoms with Gasteiger partial charge in [-0.3, -0.25) is 4.79 Å². The van der Waals surface area contributed by atoms with E-state index in [1.165, 1.54) is 0 Å². The van der Waals surface area contributed by atoms with E-state index in [4.69, 9.17) is 0 Å². The van der Waals surface area contributed by atoms with Gasteiger partial charge in [-0.1, -0.05) is 45.4 Å². The van der Waals surface area contributed by atoms with Crippen LogP contribution in [0.25, 0.3) is 0 Å². The van der Waals surface area contributed by atoms with Gasteiger partial charge in [-0.05, 0) is 44.4 Å². The van der Waals surface area contributed by atoms with Crippen molar-refractivity contribution in [3.05, 3.63) is 41.1 Å². The second-order valence-corrected chi connectivity index (χ2v) is 9.74. The average Bonchev–Trinajstić information content (AvgIpc) is 2.79. The van der Waals surface area contributed by atoms with Crippen molar-refractivity contribution >= 4 is 21.6 Å². The largest absolute Gasteiger partial charge is 0.330 e. The molecule has 5 nitrogen and oxygen atoms in total. The summed E-state index contributed by atoms with van der Waals surface area (Å²) in [5.74, 6) is 0.235. The summed E-state index contributed by atoms with van der Waals surface area (Å²) in [5, 5.41) is 2.88.